The molecule has 106 valence electrons. The second-order valence-electron chi connectivity index (χ2n) is 4.74. The van der Waals surface area contributed by atoms with Gasteiger partial charge in [-0.25, -0.2) is 4.39 Å². The third kappa shape index (κ3) is 3.97. The van der Waals surface area contributed by atoms with E-state index in [1.807, 2.05) is 36.4 Å². The third-order valence-corrected chi connectivity index (χ3v) is 3.77. The van der Waals surface area contributed by atoms with Gasteiger partial charge in [0.05, 0.1) is 12.5 Å². The summed E-state index contributed by atoms with van der Waals surface area (Å²) in [5.41, 5.74) is 2.11. The van der Waals surface area contributed by atoms with E-state index in [4.69, 9.17) is 16.3 Å². The van der Waals surface area contributed by atoms with Crippen LogP contribution in [-0.4, -0.2) is 7.11 Å². The smallest absolute Gasteiger partial charge is 0.165 e. The molecule has 0 aromatic heterocycles. The van der Waals surface area contributed by atoms with Crippen LogP contribution < -0.4 is 4.74 Å². The van der Waals surface area contributed by atoms with Crippen LogP contribution in [0, 0.1) is 5.82 Å². The number of methoxy groups -OCH3 is 1. The molecule has 0 spiro atoms. The molecule has 0 saturated carbocycles. The molecule has 0 fully saturated rings. The molecular weight excluding hydrogens is 275 g/mol. The van der Waals surface area contributed by atoms with Crippen LogP contribution in [0.25, 0.3) is 0 Å². The minimum Gasteiger partial charge on any atom is -0.494 e. The predicted octanol–water partition coefficient (Wildman–Crippen LogP) is 5.14. The first-order valence-corrected chi connectivity index (χ1v) is 7.16. The van der Waals surface area contributed by atoms with Crippen LogP contribution in [0.3, 0.4) is 0 Å². The summed E-state index contributed by atoms with van der Waals surface area (Å²) in [5, 5.41) is 0.0132. The predicted molar refractivity (Wildman–Crippen MR) is 80.9 cm³/mol. The molecule has 2 aromatic carbocycles. The van der Waals surface area contributed by atoms with Crippen molar-refractivity contribution in [1.29, 1.82) is 0 Å². The summed E-state index contributed by atoms with van der Waals surface area (Å²) in [7, 11) is 1.47. The van der Waals surface area contributed by atoms with Crippen molar-refractivity contribution in [3.8, 4) is 5.75 Å². The first-order valence-electron chi connectivity index (χ1n) is 6.72. The molecule has 0 aliphatic rings. The minimum atomic E-state index is -0.310. The fourth-order valence-electron chi connectivity index (χ4n) is 2.18. The summed E-state index contributed by atoms with van der Waals surface area (Å²) in [6.45, 7) is 0. The average Bonchev–Trinajstić information content (AvgIpc) is 2.48. The summed E-state index contributed by atoms with van der Waals surface area (Å²) in [6.07, 6.45) is 2.62. The first kappa shape index (κ1) is 14.9. The summed E-state index contributed by atoms with van der Waals surface area (Å²) in [6, 6.07) is 15.1. The van der Waals surface area contributed by atoms with Crippen LogP contribution in [0.5, 0.6) is 5.75 Å². The zero-order valence-electron chi connectivity index (χ0n) is 11.5. The van der Waals surface area contributed by atoms with E-state index in [1.54, 1.807) is 6.07 Å². The largest absolute Gasteiger partial charge is 0.494 e. The normalized spacial score (nSPS) is 12.2. The van der Waals surface area contributed by atoms with Crippen LogP contribution >= 0.6 is 11.6 Å². The van der Waals surface area contributed by atoms with Gasteiger partial charge < -0.3 is 4.74 Å². The lowest BCUT2D eigenvalue weighted by atomic mass is 10.0. The highest BCUT2D eigenvalue weighted by Crippen LogP contribution is 2.26. The van der Waals surface area contributed by atoms with Gasteiger partial charge >= 0.3 is 0 Å². The summed E-state index contributed by atoms with van der Waals surface area (Å²) < 4.78 is 18.5. The average molecular weight is 293 g/mol. The molecule has 2 aromatic rings. The Labute approximate surface area is 124 Å². The van der Waals surface area contributed by atoms with Gasteiger partial charge in [0.25, 0.3) is 0 Å². The maximum Gasteiger partial charge on any atom is 0.165 e. The molecular formula is C17H18ClFO. The lowest BCUT2D eigenvalue weighted by Crippen LogP contribution is -1.94. The van der Waals surface area contributed by atoms with Crippen LogP contribution in [0.4, 0.5) is 4.39 Å². The Bertz CT molecular complexity index is 542. The van der Waals surface area contributed by atoms with Crippen LogP contribution in [-0.2, 0) is 6.42 Å². The lowest BCUT2D eigenvalue weighted by molar-refractivity contribution is 0.386. The van der Waals surface area contributed by atoms with E-state index in [-0.39, 0.29) is 16.9 Å². The molecule has 20 heavy (non-hydrogen) atoms. The molecule has 0 N–H and O–H groups in total. The Hall–Kier alpha value is -1.54. The number of alkyl halides is 1. The van der Waals surface area contributed by atoms with E-state index >= 15 is 0 Å². The van der Waals surface area contributed by atoms with Crippen molar-refractivity contribution in [3.05, 3.63) is 65.5 Å². The molecule has 0 radical (unpaired) electrons. The van der Waals surface area contributed by atoms with Crippen molar-refractivity contribution in [2.75, 3.05) is 7.11 Å². The van der Waals surface area contributed by atoms with Gasteiger partial charge in [-0.05, 0) is 42.5 Å². The highest BCUT2D eigenvalue weighted by Gasteiger charge is 2.08. The van der Waals surface area contributed by atoms with Crippen LogP contribution in [0.2, 0.25) is 0 Å². The number of hydrogen-bond acceptors (Lipinski definition) is 1. The number of ether oxygens (including phenoxy) is 1. The molecule has 0 bridgehead atoms. The standard InChI is InChI=1S/C17H18ClFO/c1-20-17-11-10-13(12-16(17)19)6-5-9-15(18)14-7-3-2-4-8-14/h2-4,7-8,10-12,15H,5-6,9H2,1H3. The molecule has 1 nitrogen and oxygen atoms in total. The van der Waals surface area contributed by atoms with E-state index < -0.39 is 0 Å². The van der Waals surface area contributed by atoms with Crippen molar-refractivity contribution in [2.45, 2.75) is 24.6 Å². The highest BCUT2D eigenvalue weighted by atomic mass is 35.5. The van der Waals surface area contributed by atoms with E-state index in [0.717, 1.165) is 30.4 Å². The summed E-state index contributed by atoms with van der Waals surface area (Å²) in [4.78, 5) is 0. The van der Waals surface area contributed by atoms with Gasteiger partial charge in [0, 0.05) is 0 Å². The fourth-order valence-corrected chi connectivity index (χ4v) is 2.48. The van der Waals surface area contributed by atoms with Crippen molar-refractivity contribution in [3.63, 3.8) is 0 Å². The fraction of sp³-hybridized carbons (Fsp3) is 0.294. The zero-order valence-corrected chi connectivity index (χ0v) is 12.2. The number of halogens is 2. The zero-order chi connectivity index (χ0) is 14.4. The monoisotopic (exact) mass is 292 g/mol. The van der Waals surface area contributed by atoms with Gasteiger partial charge in [0.15, 0.2) is 11.6 Å². The summed E-state index contributed by atoms with van der Waals surface area (Å²) in [5.74, 6) is -0.0243. The van der Waals surface area contributed by atoms with Crippen molar-refractivity contribution in [2.24, 2.45) is 0 Å². The molecule has 2 rings (SSSR count). The topological polar surface area (TPSA) is 9.23 Å². The lowest BCUT2D eigenvalue weighted by Gasteiger charge is -2.10. The second-order valence-corrected chi connectivity index (χ2v) is 5.27. The van der Waals surface area contributed by atoms with E-state index in [9.17, 15) is 4.39 Å². The maximum atomic E-state index is 13.6. The van der Waals surface area contributed by atoms with Crippen molar-refractivity contribution < 1.29 is 9.13 Å². The quantitative estimate of drug-likeness (QED) is 0.670. The number of benzene rings is 2. The SMILES string of the molecule is COc1ccc(CCCC(Cl)c2ccccc2)cc1F. The molecule has 0 heterocycles. The van der Waals surface area contributed by atoms with Gasteiger partial charge in [-0.15, -0.1) is 11.6 Å². The van der Waals surface area contributed by atoms with Gasteiger partial charge in [-0.2, -0.15) is 0 Å². The second kappa shape index (κ2) is 7.30. The maximum absolute atomic E-state index is 13.6. The first-order chi connectivity index (χ1) is 9.70. The molecule has 3 heteroatoms. The molecule has 1 unspecified atom stereocenters. The van der Waals surface area contributed by atoms with Gasteiger partial charge in [0.1, 0.15) is 0 Å². The van der Waals surface area contributed by atoms with E-state index in [2.05, 4.69) is 0 Å². The Morgan fingerprint density at radius 2 is 1.90 bits per heavy atom. The van der Waals surface area contributed by atoms with Gasteiger partial charge in [-0.3, -0.25) is 0 Å². The van der Waals surface area contributed by atoms with Crippen molar-refractivity contribution in [1.82, 2.24) is 0 Å². The van der Waals surface area contributed by atoms with Crippen molar-refractivity contribution >= 4 is 11.6 Å². The molecule has 0 saturated heterocycles. The molecule has 1 atom stereocenters. The van der Waals surface area contributed by atoms with Crippen LogP contribution in [0.1, 0.15) is 29.3 Å². The number of rotatable bonds is 6. The molecule has 0 aliphatic carbocycles. The number of aryl methyl sites for hydroxylation is 1. The van der Waals surface area contributed by atoms with E-state index in [0.29, 0.717) is 0 Å². The number of hydrogen-bond donors (Lipinski definition) is 0. The summed E-state index contributed by atoms with van der Waals surface area (Å²) >= 11 is 6.36. The Morgan fingerprint density at radius 1 is 1.15 bits per heavy atom. The molecule has 0 amide bonds. The Kier molecular flexibility index (Phi) is 5.42. The van der Waals surface area contributed by atoms with Crippen LogP contribution in [0.15, 0.2) is 48.5 Å². The highest BCUT2D eigenvalue weighted by molar-refractivity contribution is 6.20. The van der Waals surface area contributed by atoms with Gasteiger partial charge in [-0.1, -0.05) is 36.4 Å². The Morgan fingerprint density at radius 3 is 2.55 bits per heavy atom. The minimum absolute atomic E-state index is 0.0132. The third-order valence-electron chi connectivity index (χ3n) is 3.30. The van der Waals surface area contributed by atoms with Gasteiger partial charge in [0.2, 0.25) is 0 Å². The Balaban J connectivity index is 1.85. The van der Waals surface area contributed by atoms with E-state index in [1.165, 1.54) is 13.2 Å². The molecule has 0 aliphatic heterocycles.